The first-order chi connectivity index (χ1) is 10.6. The van der Waals surface area contributed by atoms with Gasteiger partial charge in [-0.2, -0.15) is 0 Å². The normalized spacial score (nSPS) is 14.1. The number of nitrogens with zero attached hydrogens (tertiary/aromatic N) is 1. The number of nitrogens with one attached hydrogen (secondary N) is 2. The van der Waals surface area contributed by atoms with Crippen molar-refractivity contribution in [2.45, 2.75) is 12.8 Å². The Balaban J connectivity index is 2.03. The summed E-state index contributed by atoms with van der Waals surface area (Å²) in [5.41, 5.74) is 1.20. The number of benzene rings is 1. The van der Waals surface area contributed by atoms with Crippen molar-refractivity contribution in [3.8, 4) is 5.75 Å². The molecule has 1 aromatic carbocycles. The van der Waals surface area contributed by atoms with Crippen LogP contribution in [-0.4, -0.2) is 31.3 Å². The number of carbonyl (C=O) groups is 1. The number of non-ortho nitro benzene ring substituents is 1. The lowest BCUT2D eigenvalue weighted by Gasteiger charge is -2.15. The number of rotatable bonds is 4. The molecule has 1 saturated heterocycles. The molecule has 0 spiro atoms. The second-order valence-corrected chi connectivity index (χ2v) is 4.66. The van der Waals surface area contributed by atoms with Gasteiger partial charge in [0.2, 0.25) is 0 Å². The van der Waals surface area contributed by atoms with Gasteiger partial charge in [0.15, 0.2) is 0 Å². The molecule has 1 fully saturated rings. The highest BCUT2D eigenvalue weighted by Crippen LogP contribution is 2.28. The third-order valence-corrected chi connectivity index (χ3v) is 3.18. The average Bonchev–Trinajstić information content (AvgIpc) is 2.53. The molecule has 1 heterocycles. The molecule has 8 nitrogen and oxygen atoms in total. The molecule has 22 heavy (non-hydrogen) atoms. The molecular formula is C14H17N3O5. The van der Waals surface area contributed by atoms with Crippen molar-refractivity contribution in [2.24, 2.45) is 0 Å². The summed E-state index contributed by atoms with van der Waals surface area (Å²) in [6.45, 7) is 1.29. The van der Waals surface area contributed by atoms with Crippen LogP contribution in [0.15, 0.2) is 30.0 Å². The van der Waals surface area contributed by atoms with Gasteiger partial charge in [-0.1, -0.05) is 0 Å². The fourth-order valence-electron chi connectivity index (χ4n) is 2.01. The lowest BCUT2D eigenvalue weighted by atomic mass is 10.1. The number of methoxy groups -OCH3 is 1. The molecule has 8 heteroatoms. The Morgan fingerprint density at radius 2 is 2.14 bits per heavy atom. The van der Waals surface area contributed by atoms with E-state index in [-0.39, 0.29) is 11.4 Å². The lowest BCUT2D eigenvalue weighted by Crippen LogP contribution is -2.25. The van der Waals surface area contributed by atoms with Crippen molar-refractivity contribution in [3.63, 3.8) is 0 Å². The van der Waals surface area contributed by atoms with Gasteiger partial charge in [-0.05, 0) is 24.5 Å². The molecule has 0 atom stereocenters. The Bertz CT molecular complexity index is 592. The summed E-state index contributed by atoms with van der Waals surface area (Å²) < 4.78 is 10.3. The summed E-state index contributed by atoms with van der Waals surface area (Å²) in [6, 6.07) is 3.51. The first-order valence-corrected chi connectivity index (χ1v) is 6.76. The molecule has 2 amide bonds. The van der Waals surface area contributed by atoms with Crippen molar-refractivity contribution in [2.75, 3.05) is 25.6 Å². The summed E-state index contributed by atoms with van der Waals surface area (Å²) in [6.07, 6.45) is 3.20. The average molecular weight is 307 g/mol. The largest absolute Gasteiger partial charge is 0.495 e. The van der Waals surface area contributed by atoms with Gasteiger partial charge in [-0.3, -0.25) is 10.1 Å². The van der Waals surface area contributed by atoms with Gasteiger partial charge in [0, 0.05) is 18.3 Å². The first kappa shape index (κ1) is 15.8. The highest BCUT2D eigenvalue weighted by atomic mass is 16.6. The molecule has 0 aromatic heterocycles. The quantitative estimate of drug-likeness (QED) is 0.657. The predicted octanol–water partition coefficient (Wildman–Crippen LogP) is 2.42. The lowest BCUT2D eigenvalue weighted by molar-refractivity contribution is -0.384. The number of nitro benzene ring substituents is 1. The zero-order chi connectivity index (χ0) is 15.9. The monoisotopic (exact) mass is 307 g/mol. The van der Waals surface area contributed by atoms with Gasteiger partial charge in [0.1, 0.15) is 5.75 Å². The number of hydrogen-bond acceptors (Lipinski definition) is 5. The van der Waals surface area contributed by atoms with E-state index < -0.39 is 11.0 Å². The Kier molecular flexibility index (Phi) is 5.31. The Morgan fingerprint density at radius 3 is 2.77 bits per heavy atom. The molecular weight excluding hydrogens is 290 g/mol. The Labute approximate surface area is 127 Å². The van der Waals surface area contributed by atoms with Crippen LogP contribution in [0.2, 0.25) is 0 Å². The molecule has 1 aromatic rings. The maximum absolute atomic E-state index is 11.9. The molecule has 1 aliphatic heterocycles. The maximum atomic E-state index is 11.9. The highest BCUT2D eigenvalue weighted by molar-refractivity contribution is 5.92. The van der Waals surface area contributed by atoms with Crippen LogP contribution in [-0.2, 0) is 4.74 Å². The summed E-state index contributed by atoms with van der Waals surface area (Å²) in [5, 5.41) is 15.9. The number of hydrogen-bond donors (Lipinski definition) is 2. The molecule has 2 N–H and O–H groups in total. The van der Waals surface area contributed by atoms with Crippen LogP contribution in [0.25, 0.3) is 0 Å². The Hall–Kier alpha value is -2.61. The first-order valence-electron chi connectivity index (χ1n) is 6.76. The minimum atomic E-state index is -0.535. The number of urea groups is 1. The third kappa shape index (κ3) is 4.19. The molecule has 0 aliphatic carbocycles. The van der Waals surface area contributed by atoms with Crippen LogP contribution in [0.4, 0.5) is 16.2 Å². The van der Waals surface area contributed by atoms with E-state index in [2.05, 4.69) is 10.6 Å². The second-order valence-electron chi connectivity index (χ2n) is 4.66. The van der Waals surface area contributed by atoms with Crippen molar-refractivity contribution in [1.29, 1.82) is 0 Å². The van der Waals surface area contributed by atoms with Gasteiger partial charge in [0.25, 0.3) is 5.69 Å². The molecule has 0 saturated carbocycles. The van der Waals surface area contributed by atoms with Crippen LogP contribution < -0.4 is 15.4 Å². The minimum Gasteiger partial charge on any atom is -0.495 e. The van der Waals surface area contributed by atoms with Crippen LogP contribution >= 0.6 is 0 Å². The molecule has 0 bridgehead atoms. The third-order valence-electron chi connectivity index (χ3n) is 3.18. The van der Waals surface area contributed by atoms with Crippen LogP contribution in [0, 0.1) is 10.1 Å². The van der Waals surface area contributed by atoms with Crippen molar-refractivity contribution in [3.05, 3.63) is 40.1 Å². The van der Waals surface area contributed by atoms with Crippen molar-refractivity contribution < 1.29 is 19.2 Å². The topological polar surface area (TPSA) is 103 Å². The molecule has 1 aliphatic rings. The van der Waals surface area contributed by atoms with Gasteiger partial charge in [0.05, 0.1) is 30.9 Å². The number of anilines is 1. The van der Waals surface area contributed by atoms with E-state index in [1.165, 1.54) is 25.3 Å². The number of ether oxygens (including phenoxy) is 2. The van der Waals surface area contributed by atoms with E-state index in [9.17, 15) is 14.9 Å². The van der Waals surface area contributed by atoms with Crippen LogP contribution in [0.1, 0.15) is 12.8 Å². The Morgan fingerprint density at radius 1 is 1.41 bits per heavy atom. The summed E-state index contributed by atoms with van der Waals surface area (Å²) in [5.74, 6) is 0.347. The van der Waals surface area contributed by atoms with Crippen molar-refractivity contribution in [1.82, 2.24) is 5.32 Å². The minimum absolute atomic E-state index is 0.126. The fourth-order valence-corrected chi connectivity index (χ4v) is 2.01. The van der Waals surface area contributed by atoms with Gasteiger partial charge in [-0.25, -0.2) is 4.79 Å². The molecule has 118 valence electrons. The van der Waals surface area contributed by atoms with E-state index in [4.69, 9.17) is 9.47 Å². The molecule has 0 unspecified atom stereocenters. The maximum Gasteiger partial charge on any atom is 0.323 e. The summed E-state index contributed by atoms with van der Waals surface area (Å²) in [4.78, 5) is 22.1. The van der Waals surface area contributed by atoms with Gasteiger partial charge in [-0.15, -0.1) is 0 Å². The standard InChI is InChI=1S/C14H17N3O5/c1-21-13-3-2-11(17(19)20)8-12(13)16-14(18)15-9-10-4-6-22-7-5-10/h2-3,8-9H,4-7H2,1H3,(H2,15,16,18). The zero-order valence-electron chi connectivity index (χ0n) is 12.1. The molecule has 0 radical (unpaired) electrons. The summed E-state index contributed by atoms with van der Waals surface area (Å²) >= 11 is 0. The van der Waals surface area contributed by atoms with Gasteiger partial charge < -0.3 is 20.1 Å². The molecule has 2 rings (SSSR count). The number of carbonyl (C=O) groups excluding carboxylic acids is 1. The van der Waals surface area contributed by atoms with E-state index in [0.29, 0.717) is 19.0 Å². The van der Waals surface area contributed by atoms with Gasteiger partial charge >= 0.3 is 6.03 Å². The SMILES string of the molecule is COc1ccc([N+](=O)[O-])cc1NC(=O)NC=C1CCOCC1. The second kappa shape index (κ2) is 7.41. The zero-order valence-corrected chi connectivity index (χ0v) is 12.1. The van der Waals surface area contributed by atoms with Crippen molar-refractivity contribution >= 4 is 17.4 Å². The van der Waals surface area contributed by atoms with Crippen LogP contribution in [0.3, 0.4) is 0 Å². The highest BCUT2D eigenvalue weighted by Gasteiger charge is 2.13. The van der Waals surface area contributed by atoms with E-state index in [1.807, 2.05) is 0 Å². The number of amides is 2. The van der Waals surface area contributed by atoms with E-state index in [0.717, 1.165) is 18.4 Å². The van der Waals surface area contributed by atoms with E-state index >= 15 is 0 Å². The van der Waals surface area contributed by atoms with Crippen LogP contribution in [0.5, 0.6) is 5.75 Å². The number of nitro groups is 1. The fraction of sp³-hybridized carbons (Fsp3) is 0.357. The van der Waals surface area contributed by atoms with E-state index in [1.54, 1.807) is 6.20 Å². The smallest absolute Gasteiger partial charge is 0.323 e. The predicted molar refractivity (Wildman–Crippen MR) is 79.9 cm³/mol. The summed E-state index contributed by atoms with van der Waals surface area (Å²) in [7, 11) is 1.42.